The highest BCUT2D eigenvalue weighted by atomic mass is 16.5. The van der Waals surface area contributed by atoms with Crippen molar-refractivity contribution in [3.63, 3.8) is 0 Å². The molecule has 0 bridgehead atoms. The van der Waals surface area contributed by atoms with Crippen LogP contribution in [-0.4, -0.2) is 18.2 Å². The summed E-state index contributed by atoms with van der Waals surface area (Å²) in [6, 6.07) is 19.9. The number of methoxy groups -OCH3 is 1. The van der Waals surface area contributed by atoms with Gasteiger partial charge in [-0.15, -0.1) is 0 Å². The number of ether oxygens (including phenoxy) is 1. The van der Waals surface area contributed by atoms with Crippen LogP contribution in [0, 0.1) is 11.3 Å². The molecule has 2 rings (SSSR count). The standard InChI is InChI=1S/C21H24N2O3/c1-26-19-13-8-7-12-18(19)21(16-22,17-10-4-2-5-11-17)15-9-3-6-14-20(24)23-25/h2,4-5,7-8,10-13,25H,3,6,9,14-15H2,1H3,(H,23,24). The Morgan fingerprint density at radius 1 is 1.12 bits per heavy atom. The van der Waals surface area contributed by atoms with E-state index in [-0.39, 0.29) is 12.3 Å². The number of para-hydroxylation sites is 1. The van der Waals surface area contributed by atoms with Crippen LogP contribution in [0.15, 0.2) is 54.6 Å². The molecule has 1 atom stereocenters. The van der Waals surface area contributed by atoms with Crippen LogP contribution in [0.4, 0.5) is 0 Å². The molecule has 1 amide bonds. The number of rotatable bonds is 9. The Hall–Kier alpha value is -2.84. The van der Waals surface area contributed by atoms with Crippen LogP contribution >= 0.6 is 0 Å². The van der Waals surface area contributed by atoms with Gasteiger partial charge in [0.2, 0.25) is 5.91 Å². The first kappa shape index (κ1) is 19.5. The zero-order valence-electron chi connectivity index (χ0n) is 14.9. The molecule has 2 aromatic carbocycles. The molecule has 136 valence electrons. The van der Waals surface area contributed by atoms with Crippen molar-refractivity contribution in [2.45, 2.75) is 37.5 Å². The summed E-state index contributed by atoms with van der Waals surface area (Å²) in [6.45, 7) is 0. The van der Waals surface area contributed by atoms with Gasteiger partial charge in [0.1, 0.15) is 11.2 Å². The predicted octanol–water partition coefficient (Wildman–Crippen LogP) is 3.96. The van der Waals surface area contributed by atoms with E-state index in [2.05, 4.69) is 6.07 Å². The molecule has 26 heavy (non-hydrogen) atoms. The third-order valence-corrected chi connectivity index (χ3v) is 4.60. The molecule has 2 aromatic rings. The van der Waals surface area contributed by atoms with Crippen LogP contribution < -0.4 is 10.2 Å². The number of nitrogens with one attached hydrogen (secondary N) is 1. The number of carbonyl (C=O) groups excluding carboxylic acids is 1. The second-order valence-corrected chi connectivity index (χ2v) is 6.18. The lowest BCUT2D eigenvalue weighted by Gasteiger charge is -2.29. The van der Waals surface area contributed by atoms with Gasteiger partial charge in [-0.25, -0.2) is 5.48 Å². The number of benzene rings is 2. The van der Waals surface area contributed by atoms with Gasteiger partial charge >= 0.3 is 0 Å². The van der Waals surface area contributed by atoms with E-state index in [9.17, 15) is 10.1 Å². The van der Waals surface area contributed by atoms with Gasteiger partial charge in [0.05, 0.1) is 13.2 Å². The highest BCUT2D eigenvalue weighted by Gasteiger charge is 2.36. The molecule has 0 saturated carbocycles. The van der Waals surface area contributed by atoms with Gasteiger partial charge in [-0.2, -0.15) is 5.26 Å². The number of hydrogen-bond donors (Lipinski definition) is 2. The predicted molar refractivity (Wildman–Crippen MR) is 98.8 cm³/mol. The lowest BCUT2D eigenvalue weighted by atomic mass is 9.71. The Balaban J connectivity index is 2.28. The van der Waals surface area contributed by atoms with E-state index in [1.54, 1.807) is 12.6 Å². The first-order valence-electron chi connectivity index (χ1n) is 8.71. The summed E-state index contributed by atoms with van der Waals surface area (Å²) in [6.07, 6.45) is 3.12. The number of amides is 1. The van der Waals surface area contributed by atoms with Crippen molar-refractivity contribution < 1.29 is 14.7 Å². The largest absolute Gasteiger partial charge is 0.496 e. The first-order valence-corrected chi connectivity index (χ1v) is 8.71. The van der Waals surface area contributed by atoms with E-state index in [0.717, 1.165) is 24.0 Å². The maximum Gasteiger partial charge on any atom is 0.243 e. The first-order chi connectivity index (χ1) is 12.7. The number of hydroxylamine groups is 1. The Labute approximate surface area is 154 Å². The third-order valence-electron chi connectivity index (χ3n) is 4.60. The van der Waals surface area contributed by atoms with E-state index in [1.807, 2.05) is 54.6 Å². The van der Waals surface area contributed by atoms with Crippen LogP contribution in [0.25, 0.3) is 0 Å². The third kappa shape index (κ3) is 4.41. The smallest absolute Gasteiger partial charge is 0.243 e. The Kier molecular flexibility index (Phi) is 7.19. The normalized spacial score (nSPS) is 12.7. The summed E-state index contributed by atoms with van der Waals surface area (Å²) in [5.74, 6) is 0.307. The van der Waals surface area contributed by atoms with Gasteiger partial charge < -0.3 is 4.74 Å². The topological polar surface area (TPSA) is 82.3 Å². The van der Waals surface area contributed by atoms with Crippen molar-refractivity contribution in [3.05, 3.63) is 65.7 Å². The van der Waals surface area contributed by atoms with Crippen molar-refractivity contribution >= 4 is 5.91 Å². The maximum atomic E-state index is 11.1. The van der Waals surface area contributed by atoms with Gasteiger partial charge in [-0.05, 0) is 24.5 Å². The van der Waals surface area contributed by atoms with Gasteiger partial charge in [-0.1, -0.05) is 61.4 Å². The molecule has 1 unspecified atom stereocenters. The Morgan fingerprint density at radius 2 is 1.81 bits per heavy atom. The molecule has 0 saturated heterocycles. The molecule has 0 aromatic heterocycles. The van der Waals surface area contributed by atoms with E-state index >= 15 is 0 Å². The summed E-state index contributed by atoms with van der Waals surface area (Å²) < 4.78 is 5.52. The lowest BCUT2D eigenvalue weighted by Crippen LogP contribution is -2.26. The van der Waals surface area contributed by atoms with Crippen LogP contribution in [0.5, 0.6) is 5.75 Å². The monoisotopic (exact) mass is 352 g/mol. The zero-order chi connectivity index (χ0) is 18.8. The summed E-state index contributed by atoms with van der Waals surface area (Å²) in [7, 11) is 1.61. The zero-order valence-corrected chi connectivity index (χ0v) is 14.9. The molecule has 5 nitrogen and oxygen atoms in total. The van der Waals surface area contributed by atoms with Crippen LogP contribution in [0.3, 0.4) is 0 Å². The van der Waals surface area contributed by atoms with Crippen molar-refractivity contribution in [2.75, 3.05) is 7.11 Å². The highest BCUT2D eigenvalue weighted by Crippen LogP contribution is 2.41. The van der Waals surface area contributed by atoms with Crippen LogP contribution in [-0.2, 0) is 10.2 Å². The molecule has 0 spiro atoms. The van der Waals surface area contributed by atoms with Crippen molar-refractivity contribution in [2.24, 2.45) is 0 Å². The Morgan fingerprint density at radius 3 is 2.46 bits per heavy atom. The highest BCUT2D eigenvalue weighted by molar-refractivity contribution is 5.74. The average molecular weight is 352 g/mol. The minimum atomic E-state index is -0.812. The summed E-state index contributed by atoms with van der Waals surface area (Å²) in [5, 5.41) is 18.7. The summed E-state index contributed by atoms with van der Waals surface area (Å²) in [5.41, 5.74) is 2.61. The number of hydrogen-bond acceptors (Lipinski definition) is 4. The molecule has 0 radical (unpaired) electrons. The minimum absolute atomic E-state index is 0.274. The number of unbranched alkanes of at least 4 members (excludes halogenated alkanes) is 2. The molecule has 0 aliphatic heterocycles. The van der Waals surface area contributed by atoms with E-state index in [1.165, 1.54) is 0 Å². The summed E-state index contributed by atoms with van der Waals surface area (Å²) in [4.78, 5) is 11.1. The molecular weight excluding hydrogens is 328 g/mol. The fraction of sp³-hybridized carbons (Fsp3) is 0.333. The molecule has 0 aliphatic rings. The van der Waals surface area contributed by atoms with Crippen molar-refractivity contribution in [3.8, 4) is 11.8 Å². The molecule has 5 heteroatoms. The average Bonchev–Trinajstić information content (AvgIpc) is 2.71. The lowest BCUT2D eigenvalue weighted by molar-refractivity contribution is -0.129. The quantitative estimate of drug-likeness (QED) is 0.406. The van der Waals surface area contributed by atoms with Crippen molar-refractivity contribution in [1.82, 2.24) is 5.48 Å². The van der Waals surface area contributed by atoms with E-state index < -0.39 is 5.41 Å². The molecule has 2 N–H and O–H groups in total. The van der Waals surface area contributed by atoms with Gasteiger partial charge in [0.15, 0.2) is 0 Å². The van der Waals surface area contributed by atoms with Gasteiger partial charge in [0, 0.05) is 12.0 Å². The SMILES string of the molecule is COc1ccccc1C(C#N)(CCCCCC(=O)NO)c1ccccc1. The second kappa shape index (κ2) is 9.59. The summed E-state index contributed by atoms with van der Waals surface area (Å²) >= 11 is 0. The van der Waals surface area contributed by atoms with E-state index in [0.29, 0.717) is 18.6 Å². The Bertz CT molecular complexity index is 755. The maximum absolute atomic E-state index is 11.1. The van der Waals surface area contributed by atoms with Crippen molar-refractivity contribution in [1.29, 1.82) is 5.26 Å². The molecule has 0 aliphatic carbocycles. The molecule has 0 fully saturated rings. The number of nitrogens with zero attached hydrogens (tertiary/aromatic N) is 1. The van der Waals surface area contributed by atoms with Crippen LogP contribution in [0.1, 0.15) is 43.2 Å². The fourth-order valence-electron chi connectivity index (χ4n) is 3.24. The molecule has 0 heterocycles. The minimum Gasteiger partial charge on any atom is -0.496 e. The van der Waals surface area contributed by atoms with Gasteiger partial charge in [-0.3, -0.25) is 10.0 Å². The second-order valence-electron chi connectivity index (χ2n) is 6.18. The van der Waals surface area contributed by atoms with Crippen LogP contribution in [0.2, 0.25) is 0 Å². The number of carbonyl (C=O) groups is 1. The number of nitriles is 1. The fourth-order valence-corrected chi connectivity index (χ4v) is 3.24. The van der Waals surface area contributed by atoms with E-state index in [4.69, 9.17) is 9.94 Å². The van der Waals surface area contributed by atoms with Gasteiger partial charge in [0.25, 0.3) is 0 Å². The molecular formula is C21H24N2O3.